The van der Waals surface area contributed by atoms with E-state index in [0.717, 1.165) is 55.9 Å². The number of benzene rings is 6. The Bertz CT molecular complexity index is 5790. The molecule has 15 rings (SSSR count). The average molecular weight is 1600 g/mol. The Morgan fingerprint density at radius 1 is 0.483 bits per heavy atom. The number of amides is 3. The van der Waals surface area contributed by atoms with Crippen LogP contribution in [-0.2, 0) is 33.4 Å². The molecule has 596 valence electrons. The van der Waals surface area contributed by atoms with E-state index in [1.807, 2.05) is 4.40 Å². The van der Waals surface area contributed by atoms with E-state index in [2.05, 4.69) is 55.2 Å². The van der Waals surface area contributed by atoms with Crippen LogP contribution in [0.5, 0.6) is 51.7 Å². The Hall–Kier alpha value is -13.5. The van der Waals surface area contributed by atoms with Crippen molar-refractivity contribution in [2.24, 2.45) is 0 Å². The number of ether oxygens (including phenoxy) is 6. The molecule has 0 spiro atoms. The van der Waals surface area contributed by atoms with Gasteiger partial charge in [0.25, 0.3) is 11.8 Å². The van der Waals surface area contributed by atoms with Crippen molar-refractivity contribution in [2.45, 2.75) is 95.8 Å². The van der Waals surface area contributed by atoms with Gasteiger partial charge in [0.05, 0.1) is 61.7 Å². The third-order valence-electron chi connectivity index (χ3n) is 19.6. The van der Waals surface area contributed by atoms with Gasteiger partial charge in [0, 0.05) is 86.0 Å². The minimum absolute atomic E-state index is 0.0125. The van der Waals surface area contributed by atoms with E-state index in [-0.39, 0.29) is 91.8 Å². The molecule has 0 radical (unpaired) electrons. The first-order valence-electron chi connectivity index (χ1n) is 36.5. The van der Waals surface area contributed by atoms with Crippen molar-refractivity contribution in [2.75, 3.05) is 47.5 Å². The van der Waals surface area contributed by atoms with Crippen LogP contribution in [0.4, 0.5) is 43.9 Å². The predicted octanol–water partition coefficient (Wildman–Crippen LogP) is 18.2. The maximum absolute atomic E-state index is 14.5. The summed E-state index contributed by atoms with van der Waals surface area (Å²) in [6, 6.07) is 31.7. The molecule has 3 amide bonds. The minimum atomic E-state index is -4.75. The number of fused-ring (bicyclic) bond motifs is 3. The van der Waals surface area contributed by atoms with Gasteiger partial charge in [0.15, 0.2) is 45.9 Å². The molecule has 31 heteroatoms. The molecule has 3 aliphatic heterocycles. The molecule has 0 saturated carbocycles. The van der Waals surface area contributed by atoms with Crippen LogP contribution in [0, 0.1) is 41.1 Å². The van der Waals surface area contributed by atoms with E-state index >= 15 is 0 Å². The number of rotatable bonds is 17. The van der Waals surface area contributed by atoms with E-state index in [4.69, 9.17) is 33.4 Å². The molecule has 3 atom stereocenters. The summed E-state index contributed by atoms with van der Waals surface area (Å²) in [5.41, 5.74) is 0.371. The summed E-state index contributed by atoms with van der Waals surface area (Å²) in [6.45, 7) is 7.93. The standard InChI is InChI=1S/C29H24F4N4O3.C28H24F4N4O3.C28H24F2N4O3/c1-3-7-23(38)36-16-5-4-8-20(36)28-35-25(26-27(29(31,32)33)34-15-17-37(26)28)18-11-13-19(14-12-18)40-22-10-6-9-21(39-2)24(22)30;1-3-22(37)35-15-5-4-7-19(35)27-34-24(25-26(28(30,31)32)33-14-16-36(25)27)17-10-12-18(13-11-17)39-21-9-6-8-20(38-2)23(21)29;1-3-5-24(35)33-14-12-19(17-33)28-32-26(27-21(16-29)31-13-15-34(27)28)18-8-10-20(11-9-18)37-23-7-4-6-22(36-2)25(23)30/h6,9-15,17,20H,4-5,8,16H2,1-2H3;3,6,8-14,16,19H,1,4-5,7,15H2,2H3;4,6-11,13,15,19H,12,14,16-17H2,1-2H3/t20-;2*19-/m001/s1. The van der Waals surface area contributed by atoms with Gasteiger partial charge >= 0.3 is 12.4 Å². The van der Waals surface area contributed by atoms with Crippen molar-refractivity contribution in [3.8, 4) is 109 Å². The van der Waals surface area contributed by atoms with Crippen LogP contribution in [-0.4, -0.2) is 123 Å². The summed E-state index contributed by atoms with van der Waals surface area (Å²) >= 11 is 0. The number of methoxy groups -OCH3 is 3. The van der Waals surface area contributed by atoms with E-state index in [1.165, 1.54) is 109 Å². The van der Waals surface area contributed by atoms with Crippen LogP contribution in [0.15, 0.2) is 177 Å². The van der Waals surface area contributed by atoms with E-state index in [1.54, 1.807) is 108 Å². The third kappa shape index (κ3) is 16.8. The number of likely N-dealkylation sites (tertiary alicyclic amines) is 3. The molecular formula is C85H72F10N12O9. The van der Waals surface area contributed by atoms with Crippen LogP contribution in [0.2, 0.25) is 0 Å². The number of piperidine rings is 2. The van der Waals surface area contributed by atoms with Crippen LogP contribution in [0.25, 0.3) is 50.3 Å². The molecule has 3 aliphatic rings. The monoisotopic (exact) mass is 1590 g/mol. The molecule has 6 aromatic carbocycles. The second-order valence-electron chi connectivity index (χ2n) is 26.6. The SMILES string of the molecule is C=CC(=O)N1CCCC[C@H]1c1nc(-c2ccc(Oc3cccc(OC)c3F)cc2)c2c(C(F)(F)F)nccn12.CC#CC(=O)N1CCCC[C@H]1c1nc(-c2ccc(Oc3cccc(OC)c3F)cc2)c2c(C(F)(F)F)nccn12.CC#CC(=O)N1CC[C@@H](c2nc(-c3ccc(Oc4cccc(OC)c4F)cc3)c3c(CF)nccn23)C1. The fourth-order valence-corrected chi connectivity index (χ4v) is 14.3. The first-order chi connectivity index (χ1) is 56.0. The Morgan fingerprint density at radius 3 is 1.27 bits per heavy atom. The molecule has 0 bridgehead atoms. The summed E-state index contributed by atoms with van der Waals surface area (Å²) < 4.78 is 179. The van der Waals surface area contributed by atoms with E-state index in [9.17, 15) is 58.3 Å². The molecule has 12 aromatic rings. The normalized spacial score (nSPS) is 15.4. The zero-order valence-electron chi connectivity index (χ0n) is 62.9. The zero-order valence-corrected chi connectivity index (χ0v) is 62.9. The summed E-state index contributed by atoms with van der Waals surface area (Å²) in [5, 5.41) is 0. The topological polar surface area (TPSA) is 207 Å². The van der Waals surface area contributed by atoms with Crippen molar-refractivity contribution in [3.63, 3.8) is 0 Å². The smallest absolute Gasteiger partial charge is 0.435 e. The van der Waals surface area contributed by atoms with Gasteiger partial charge in [-0.3, -0.25) is 32.6 Å². The summed E-state index contributed by atoms with van der Waals surface area (Å²) in [6.07, 6.45) is 4.90. The molecular weight excluding hydrogens is 1520 g/mol. The lowest BCUT2D eigenvalue weighted by atomic mass is 10.0. The Morgan fingerprint density at radius 2 is 0.862 bits per heavy atom. The summed E-state index contributed by atoms with van der Waals surface area (Å²) in [7, 11) is 4.07. The van der Waals surface area contributed by atoms with Gasteiger partial charge in [-0.05, 0) is 186 Å². The highest BCUT2D eigenvalue weighted by molar-refractivity contribution is 5.94. The number of aromatic nitrogens is 9. The maximum Gasteiger partial charge on any atom is 0.435 e. The number of hydrogen-bond acceptors (Lipinski definition) is 15. The van der Waals surface area contributed by atoms with Crippen LogP contribution in [0.1, 0.15) is 111 Å². The number of carbonyl (C=O) groups is 3. The minimum Gasteiger partial charge on any atom is -0.494 e. The summed E-state index contributed by atoms with van der Waals surface area (Å²) in [4.78, 5) is 68.1. The first kappa shape index (κ1) is 80.6. The van der Waals surface area contributed by atoms with Gasteiger partial charge in [-0.15, -0.1) is 0 Å². The van der Waals surface area contributed by atoms with Crippen molar-refractivity contribution in [1.82, 2.24) is 57.8 Å². The maximum atomic E-state index is 14.5. The molecule has 9 heterocycles. The fraction of sp³-hybridized carbons (Fsp3) is 0.259. The number of imidazole rings is 3. The number of carbonyl (C=O) groups excluding carboxylic acids is 3. The Kier molecular flexibility index (Phi) is 24.2. The van der Waals surface area contributed by atoms with Crippen LogP contribution in [0.3, 0.4) is 0 Å². The molecule has 0 unspecified atom stereocenters. The molecule has 3 fully saturated rings. The highest BCUT2D eigenvalue weighted by Crippen LogP contribution is 2.45. The lowest BCUT2D eigenvalue weighted by Crippen LogP contribution is -2.38. The van der Waals surface area contributed by atoms with Gasteiger partial charge in [-0.2, -0.15) is 39.5 Å². The summed E-state index contributed by atoms with van der Waals surface area (Å²) in [5.74, 6) is 9.77. The van der Waals surface area contributed by atoms with E-state index < -0.39 is 65.9 Å². The number of halogens is 10. The molecule has 0 N–H and O–H groups in total. The number of hydrogen-bond donors (Lipinski definition) is 0. The quantitative estimate of drug-likeness (QED) is 0.0472. The highest BCUT2D eigenvalue weighted by Gasteiger charge is 2.42. The molecule has 6 aromatic heterocycles. The van der Waals surface area contributed by atoms with Crippen molar-refractivity contribution in [3.05, 3.63) is 229 Å². The Labute approximate surface area is 657 Å². The van der Waals surface area contributed by atoms with Gasteiger partial charge < -0.3 is 43.1 Å². The molecule has 3 saturated heterocycles. The van der Waals surface area contributed by atoms with Crippen molar-refractivity contribution < 1.29 is 86.7 Å². The lowest BCUT2D eigenvalue weighted by molar-refractivity contribution is -0.140. The van der Waals surface area contributed by atoms with Crippen LogP contribution >= 0.6 is 0 Å². The molecule has 0 aliphatic carbocycles. The van der Waals surface area contributed by atoms with Gasteiger partial charge in [0.2, 0.25) is 23.4 Å². The van der Waals surface area contributed by atoms with E-state index in [0.29, 0.717) is 78.8 Å². The largest absolute Gasteiger partial charge is 0.494 e. The van der Waals surface area contributed by atoms with Crippen LogP contribution < -0.4 is 28.4 Å². The van der Waals surface area contributed by atoms with Crippen molar-refractivity contribution in [1.29, 1.82) is 0 Å². The highest BCUT2D eigenvalue weighted by atomic mass is 19.4. The molecule has 116 heavy (non-hydrogen) atoms. The van der Waals surface area contributed by atoms with Crippen molar-refractivity contribution >= 4 is 34.3 Å². The van der Waals surface area contributed by atoms with Gasteiger partial charge in [-0.25, -0.2) is 29.3 Å². The second kappa shape index (κ2) is 34.9. The predicted molar refractivity (Wildman–Crippen MR) is 407 cm³/mol. The number of nitrogens with zero attached hydrogens (tertiary/aromatic N) is 12. The fourth-order valence-electron chi connectivity index (χ4n) is 14.3. The molecule has 21 nitrogen and oxygen atoms in total. The number of alkyl halides is 7. The zero-order chi connectivity index (χ0) is 82.1. The van der Waals surface area contributed by atoms with Gasteiger partial charge in [-0.1, -0.05) is 36.6 Å². The first-order valence-corrected chi connectivity index (χ1v) is 36.5. The lowest BCUT2D eigenvalue weighted by Gasteiger charge is -2.34. The Balaban J connectivity index is 0.000000151. The van der Waals surface area contributed by atoms with Gasteiger partial charge in [0.1, 0.15) is 52.4 Å². The second-order valence-corrected chi connectivity index (χ2v) is 26.6. The third-order valence-corrected chi connectivity index (χ3v) is 19.6. The average Bonchev–Trinajstić information content (AvgIpc) is 1.60.